The van der Waals surface area contributed by atoms with Crippen molar-refractivity contribution in [1.82, 2.24) is 5.32 Å². The molecule has 1 nitrogen and oxygen atoms in total. The first-order chi connectivity index (χ1) is 9.29. The highest BCUT2D eigenvalue weighted by Crippen LogP contribution is 2.27. The summed E-state index contributed by atoms with van der Waals surface area (Å²) in [5.41, 5.74) is 1.31. The van der Waals surface area contributed by atoms with Gasteiger partial charge in [-0.1, -0.05) is 37.3 Å². The van der Waals surface area contributed by atoms with Crippen molar-refractivity contribution in [3.8, 4) is 10.4 Å². The van der Waals surface area contributed by atoms with Crippen LogP contribution in [0.15, 0.2) is 42.5 Å². The quantitative estimate of drug-likeness (QED) is 0.745. The molecule has 0 amide bonds. The van der Waals surface area contributed by atoms with Gasteiger partial charge in [-0.2, -0.15) is 11.8 Å². The Hall–Kier alpha value is -0.770. The summed E-state index contributed by atoms with van der Waals surface area (Å²) >= 11 is 3.82. The Labute approximate surface area is 124 Å². The molecule has 1 heterocycles. The van der Waals surface area contributed by atoms with Crippen molar-refractivity contribution >= 4 is 23.1 Å². The summed E-state index contributed by atoms with van der Waals surface area (Å²) < 4.78 is 0. The van der Waals surface area contributed by atoms with E-state index in [1.165, 1.54) is 21.7 Å². The smallest absolute Gasteiger partial charge is 0.0346 e. The fourth-order valence-electron chi connectivity index (χ4n) is 1.87. The Balaban J connectivity index is 1.82. The average Bonchev–Trinajstić information content (AvgIpc) is 2.93. The van der Waals surface area contributed by atoms with Gasteiger partial charge in [-0.3, -0.25) is 0 Å². The molecule has 102 valence electrons. The standard InChI is InChI=1S/C16H21NS2/c1-13(18-2)10-11-17-12-15-8-9-16(19-15)14-6-4-3-5-7-14/h3-9,13,17H,10-12H2,1-2H3. The van der Waals surface area contributed by atoms with Crippen molar-refractivity contribution in [2.45, 2.75) is 25.1 Å². The lowest BCUT2D eigenvalue weighted by molar-refractivity contribution is 0.653. The van der Waals surface area contributed by atoms with E-state index in [0.717, 1.165) is 18.3 Å². The normalized spacial score (nSPS) is 12.5. The van der Waals surface area contributed by atoms with E-state index >= 15 is 0 Å². The molecule has 2 rings (SSSR count). The third-order valence-corrected chi connectivity index (χ3v) is 5.32. The molecule has 0 radical (unpaired) electrons. The molecular weight excluding hydrogens is 270 g/mol. The van der Waals surface area contributed by atoms with Gasteiger partial charge in [-0.25, -0.2) is 0 Å². The fourth-order valence-corrected chi connectivity index (χ4v) is 3.20. The first-order valence-electron chi connectivity index (χ1n) is 6.67. The maximum absolute atomic E-state index is 3.53. The van der Waals surface area contributed by atoms with Crippen LogP contribution in [0.5, 0.6) is 0 Å². The number of benzene rings is 1. The largest absolute Gasteiger partial charge is 0.312 e. The lowest BCUT2D eigenvalue weighted by Crippen LogP contribution is -2.16. The highest BCUT2D eigenvalue weighted by Gasteiger charge is 2.03. The molecule has 0 aliphatic carbocycles. The van der Waals surface area contributed by atoms with Gasteiger partial charge >= 0.3 is 0 Å². The van der Waals surface area contributed by atoms with Crippen LogP contribution in [0.1, 0.15) is 18.2 Å². The molecule has 0 saturated carbocycles. The van der Waals surface area contributed by atoms with Gasteiger partial charge in [0.25, 0.3) is 0 Å². The lowest BCUT2D eigenvalue weighted by atomic mass is 10.2. The summed E-state index contributed by atoms with van der Waals surface area (Å²) in [7, 11) is 0. The molecule has 0 aliphatic rings. The van der Waals surface area contributed by atoms with E-state index in [9.17, 15) is 0 Å². The molecule has 2 aromatic rings. The molecule has 1 aromatic heterocycles. The summed E-state index contributed by atoms with van der Waals surface area (Å²) in [4.78, 5) is 2.77. The Morgan fingerprint density at radius 1 is 1.16 bits per heavy atom. The Bertz CT molecular complexity index is 479. The van der Waals surface area contributed by atoms with Crippen LogP contribution >= 0.6 is 23.1 Å². The predicted molar refractivity (Wildman–Crippen MR) is 89.1 cm³/mol. The zero-order valence-electron chi connectivity index (χ0n) is 11.6. The van der Waals surface area contributed by atoms with Crippen molar-refractivity contribution in [2.75, 3.05) is 12.8 Å². The maximum Gasteiger partial charge on any atom is 0.0346 e. The highest BCUT2D eigenvalue weighted by molar-refractivity contribution is 7.99. The second-order valence-corrected chi connectivity index (χ2v) is 7.09. The Morgan fingerprint density at radius 2 is 1.95 bits per heavy atom. The van der Waals surface area contributed by atoms with Crippen LogP contribution in [0.4, 0.5) is 0 Å². The van der Waals surface area contributed by atoms with Gasteiger partial charge in [0, 0.05) is 21.5 Å². The number of thiophene rings is 1. The zero-order valence-corrected chi connectivity index (χ0v) is 13.2. The van der Waals surface area contributed by atoms with Crippen LogP contribution in [0.3, 0.4) is 0 Å². The van der Waals surface area contributed by atoms with Crippen molar-refractivity contribution in [1.29, 1.82) is 0 Å². The van der Waals surface area contributed by atoms with Crippen LogP contribution in [0.2, 0.25) is 0 Å². The highest BCUT2D eigenvalue weighted by atomic mass is 32.2. The van der Waals surface area contributed by atoms with Gasteiger partial charge in [0.1, 0.15) is 0 Å². The van der Waals surface area contributed by atoms with Crippen molar-refractivity contribution in [3.05, 3.63) is 47.3 Å². The van der Waals surface area contributed by atoms with Gasteiger partial charge in [0.15, 0.2) is 0 Å². The molecule has 0 bridgehead atoms. The minimum Gasteiger partial charge on any atom is -0.312 e. The average molecular weight is 291 g/mol. The number of nitrogens with one attached hydrogen (secondary N) is 1. The molecule has 0 aliphatic heterocycles. The molecule has 3 heteroatoms. The summed E-state index contributed by atoms with van der Waals surface area (Å²) in [6.45, 7) is 4.37. The molecule has 0 fully saturated rings. The molecule has 1 atom stereocenters. The molecule has 1 aromatic carbocycles. The van der Waals surface area contributed by atoms with Gasteiger partial charge in [0.2, 0.25) is 0 Å². The second-order valence-electron chi connectivity index (χ2n) is 4.64. The topological polar surface area (TPSA) is 12.0 Å². The summed E-state index contributed by atoms with van der Waals surface area (Å²) in [5, 5.41) is 4.27. The zero-order chi connectivity index (χ0) is 13.5. The van der Waals surface area contributed by atoms with E-state index in [1.54, 1.807) is 0 Å². The molecular formula is C16H21NS2. The third-order valence-electron chi connectivity index (χ3n) is 3.15. The minimum absolute atomic E-state index is 0.746. The molecule has 0 saturated heterocycles. The van der Waals surface area contributed by atoms with Crippen molar-refractivity contribution < 1.29 is 0 Å². The summed E-state index contributed by atoms with van der Waals surface area (Å²) in [5.74, 6) is 0. The van der Waals surface area contributed by atoms with Crippen LogP contribution in [0.25, 0.3) is 10.4 Å². The van der Waals surface area contributed by atoms with Crippen molar-refractivity contribution in [2.24, 2.45) is 0 Å². The third kappa shape index (κ3) is 4.68. The monoisotopic (exact) mass is 291 g/mol. The summed E-state index contributed by atoms with van der Waals surface area (Å²) in [6, 6.07) is 15.0. The van der Waals surface area contributed by atoms with E-state index in [0.29, 0.717) is 0 Å². The van der Waals surface area contributed by atoms with Crippen LogP contribution in [0, 0.1) is 0 Å². The van der Waals surface area contributed by atoms with E-state index in [4.69, 9.17) is 0 Å². The lowest BCUT2D eigenvalue weighted by Gasteiger charge is -2.08. The Kier molecular flexibility index (Phi) is 5.95. The number of hydrogen-bond acceptors (Lipinski definition) is 3. The number of thioether (sulfide) groups is 1. The van der Waals surface area contributed by atoms with Gasteiger partial charge in [0.05, 0.1) is 0 Å². The number of rotatable bonds is 7. The molecule has 1 N–H and O–H groups in total. The van der Waals surface area contributed by atoms with Crippen molar-refractivity contribution in [3.63, 3.8) is 0 Å². The van der Waals surface area contributed by atoms with E-state index in [2.05, 4.69) is 61.0 Å². The van der Waals surface area contributed by atoms with Gasteiger partial charge in [-0.05, 0) is 36.9 Å². The van der Waals surface area contributed by atoms with E-state index in [-0.39, 0.29) is 0 Å². The van der Waals surface area contributed by atoms with Crippen LogP contribution in [-0.2, 0) is 6.54 Å². The fraction of sp³-hybridized carbons (Fsp3) is 0.375. The van der Waals surface area contributed by atoms with Gasteiger partial charge < -0.3 is 5.32 Å². The van der Waals surface area contributed by atoms with E-state index in [1.807, 2.05) is 23.1 Å². The number of hydrogen-bond donors (Lipinski definition) is 1. The van der Waals surface area contributed by atoms with Crippen LogP contribution in [-0.4, -0.2) is 18.1 Å². The molecule has 19 heavy (non-hydrogen) atoms. The van der Waals surface area contributed by atoms with Gasteiger partial charge in [-0.15, -0.1) is 11.3 Å². The van der Waals surface area contributed by atoms with Crippen LogP contribution < -0.4 is 5.32 Å². The minimum atomic E-state index is 0.746. The predicted octanol–water partition coefficient (Wildman–Crippen LogP) is 4.65. The Morgan fingerprint density at radius 3 is 2.68 bits per heavy atom. The second kappa shape index (κ2) is 7.73. The molecule has 0 spiro atoms. The first-order valence-corrected chi connectivity index (χ1v) is 8.77. The maximum atomic E-state index is 3.53. The molecule has 1 unspecified atom stereocenters. The SMILES string of the molecule is CSC(C)CCNCc1ccc(-c2ccccc2)s1. The summed E-state index contributed by atoms with van der Waals surface area (Å²) in [6.07, 6.45) is 3.41. The van der Waals surface area contributed by atoms with E-state index < -0.39 is 0 Å². The first kappa shape index (κ1) is 14.6.